The predicted molar refractivity (Wildman–Crippen MR) is 121 cm³/mol. The van der Waals surface area contributed by atoms with Crippen molar-refractivity contribution >= 4 is 17.6 Å². The maximum Gasteiger partial charge on any atom is 0.251 e. The first kappa shape index (κ1) is 22.2. The topological polar surface area (TPSA) is 75.7 Å². The Morgan fingerprint density at radius 1 is 1.09 bits per heavy atom. The summed E-state index contributed by atoms with van der Waals surface area (Å²) in [6, 6.07) is 15.8. The zero-order valence-corrected chi connectivity index (χ0v) is 18.8. The number of Topliss-reactive ketones (excluding diaryl/α,β-unsaturated/α-hetero) is 1. The molecule has 4 rings (SSSR count). The van der Waals surface area contributed by atoms with Crippen LogP contribution in [0.1, 0.15) is 48.7 Å². The van der Waals surface area contributed by atoms with Crippen LogP contribution >= 0.6 is 0 Å². The molecule has 2 aliphatic rings. The van der Waals surface area contributed by atoms with Gasteiger partial charge in [-0.05, 0) is 35.1 Å². The molecule has 32 heavy (non-hydrogen) atoms. The van der Waals surface area contributed by atoms with Gasteiger partial charge in [0, 0.05) is 18.5 Å². The Balaban J connectivity index is 1.55. The predicted octanol–water partition coefficient (Wildman–Crippen LogP) is 2.89. The van der Waals surface area contributed by atoms with Crippen LogP contribution in [0.4, 0.5) is 0 Å². The molecule has 0 aliphatic carbocycles. The number of likely N-dealkylation sites (tertiary alicyclic amines) is 1. The fourth-order valence-electron chi connectivity index (χ4n) is 4.45. The van der Waals surface area contributed by atoms with Gasteiger partial charge in [0.25, 0.3) is 5.91 Å². The largest absolute Gasteiger partial charge is 0.368 e. The SMILES string of the molecule is CC(C)(C)c1ccc(C(=O)NC(Cc2ccccc2)C(=O)N2CCC3OCC(=O)C32)cc1. The number of hydrogen-bond donors (Lipinski definition) is 1. The van der Waals surface area contributed by atoms with Crippen molar-refractivity contribution in [2.75, 3.05) is 13.2 Å². The minimum Gasteiger partial charge on any atom is -0.368 e. The van der Waals surface area contributed by atoms with Gasteiger partial charge in [0.2, 0.25) is 5.91 Å². The number of nitrogens with zero attached hydrogens (tertiary/aromatic N) is 1. The van der Waals surface area contributed by atoms with Gasteiger partial charge in [-0.25, -0.2) is 0 Å². The summed E-state index contributed by atoms with van der Waals surface area (Å²) in [6.07, 6.45) is 0.765. The van der Waals surface area contributed by atoms with Crippen molar-refractivity contribution < 1.29 is 19.1 Å². The summed E-state index contributed by atoms with van der Waals surface area (Å²) in [6.45, 7) is 6.87. The van der Waals surface area contributed by atoms with Crippen LogP contribution in [0.2, 0.25) is 0 Å². The Morgan fingerprint density at radius 3 is 2.44 bits per heavy atom. The molecule has 3 unspecified atom stereocenters. The Bertz CT molecular complexity index is 995. The van der Waals surface area contributed by atoms with E-state index in [-0.39, 0.29) is 35.7 Å². The van der Waals surface area contributed by atoms with Crippen LogP contribution in [0.25, 0.3) is 0 Å². The summed E-state index contributed by atoms with van der Waals surface area (Å²) in [5.74, 6) is -0.604. The van der Waals surface area contributed by atoms with Crippen molar-refractivity contribution in [3.8, 4) is 0 Å². The third-order valence-corrected chi connectivity index (χ3v) is 6.29. The number of carbonyl (C=O) groups excluding carboxylic acids is 3. The molecule has 168 valence electrons. The molecule has 2 heterocycles. The molecule has 0 bridgehead atoms. The number of ether oxygens (including phenoxy) is 1. The zero-order chi connectivity index (χ0) is 22.9. The minimum atomic E-state index is -0.764. The van der Waals surface area contributed by atoms with Crippen LogP contribution in [0.5, 0.6) is 0 Å². The highest BCUT2D eigenvalue weighted by Crippen LogP contribution is 2.28. The molecule has 6 heteroatoms. The van der Waals surface area contributed by atoms with E-state index in [1.54, 1.807) is 17.0 Å². The van der Waals surface area contributed by atoms with Crippen molar-refractivity contribution in [3.63, 3.8) is 0 Å². The number of rotatable bonds is 5. The van der Waals surface area contributed by atoms with Crippen LogP contribution in [0.15, 0.2) is 54.6 Å². The summed E-state index contributed by atoms with van der Waals surface area (Å²) < 4.78 is 5.53. The van der Waals surface area contributed by atoms with Gasteiger partial charge in [-0.2, -0.15) is 0 Å². The van der Waals surface area contributed by atoms with Crippen LogP contribution < -0.4 is 5.32 Å². The molecular formula is C26H30N2O4. The molecule has 2 aliphatic heterocycles. The minimum absolute atomic E-state index is 0.0109. The lowest BCUT2D eigenvalue weighted by molar-refractivity contribution is -0.138. The van der Waals surface area contributed by atoms with Crippen molar-refractivity contribution in [1.82, 2.24) is 10.2 Å². The molecule has 2 aromatic rings. The summed E-state index contributed by atoms with van der Waals surface area (Å²) in [7, 11) is 0. The van der Waals surface area contributed by atoms with Gasteiger partial charge in [0.15, 0.2) is 5.78 Å². The molecule has 0 saturated carbocycles. The first-order valence-corrected chi connectivity index (χ1v) is 11.1. The lowest BCUT2D eigenvalue weighted by Crippen LogP contribution is -2.53. The van der Waals surface area contributed by atoms with Crippen LogP contribution in [0, 0.1) is 0 Å². The van der Waals surface area contributed by atoms with Gasteiger partial charge >= 0.3 is 0 Å². The molecule has 2 aromatic carbocycles. The molecule has 1 N–H and O–H groups in total. The number of fused-ring (bicyclic) bond motifs is 1. The number of carbonyl (C=O) groups is 3. The third kappa shape index (κ3) is 4.60. The van der Waals surface area contributed by atoms with Crippen LogP contribution in [-0.2, 0) is 26.2 Å². The quantitative estimate of drug-likeness (QED) is 0.785. The second-order valence-electron chi connectivity index (χ2n) is 9.62. The van der Waals surface area contributed by atoms with Crippen molar-refractivity contribution in [2.24, 2.45) is 0 Å². The average Bonchev–Trinajstić information content (AvgIpc) is 3.36. The molecule has 0 radical (unpaired) electrons. The fourth-order valence-corrected chi connectivity index (χ4v) is 4.45. The van der Waals surface area contributed by atoms with E-state index in [9.17, 15) is 14.4 Å². The number of amides is 2. The van der Waals surface area contributed by atoms with Crippen molar-refractivity contribution in [1.29, 1.82) is 0 Å². The maximum absolute atomic E-state index is 13.5. The smallest absolute Gasteiger partial charge is 0.251 e. The molecular weight excluding hydrogens is 404 g/mol. The Labute approximate surface area is 188 Å². The van der Waals surface area contributed by atoms with Gasteiger partial charge in [-0.15, -0.1) is 0 Å². The summed E-state index contributed by atoms with van der Waals surface area (Å²) in [4.78, 5) is 40.4. The standard InChI is InChI=1S/C26H30N2O4/c1-26(2,3)19-11-9-18(10-12-19)24(30)27-20(15-17-7-5-4-6-8-17)25(31)28-14-13-22-23(28)21(29)16-32-22/h4-12,20,22-23H,13-16H2,1-3H3,(H,27,30). The molecule has 0 aromatic heterocycles. The fraction of sp³-hybridized carbons (Fsp3) is 0.423. The van der Waals surface area contributed by atoms with E-state index >= 15 is 0 Å². The number of hydrogen-bond acceptors (Lipinski definition) is 4. The Morgan fingerprint density at radius 2 is 1.78 bits per heavy atom. The van der Waals surface area contributed by atoms with Crippen LogP contribution in [-0.4, -0.2) is 53.8 Å². The van der Waals surface area contributed by atoms with Gasteiger partial charge in [0.05, 0.1) is 6.10 Å². The van der Waals surface area contributed by atoms with Crippen molar-refractivity contribution in [3.05, 3.63) is 71.3 Å². The van der Waals surface area contributed by atoms with Gasteiger partial charge in [0.1, 0.15) is 18.7 Å². The molecule has 0 spiro atoms. The van der Waals surface area contributed by atoms with Crippen molar-refractivity contribution in [2.45, 2.75) is 57.2 Å². The molecule has 2 saturated heterocycles. The molecule has 2 fully saturated rings. The van der Waals surface area contributed by atoms with E-state index in [2.05, 4.69) is 26.1 Å². The summed E-state index contributed by atoms with van der Waals surface area (Å²) in [5, 5.41) is 2.93. The second-order valence-corrected chi connectivity index (χ2v) is 9.62. The van der Waals surface area contributed by atoms with E-state index in [4.69, 9.17) is 4.74 Å². The highest BCUT2D eigenvalue weighted by molar-refractivity contribution is 5.99. The first-order valence-electron chi connectivity index (χ1n) is 11.1. The summed E-state index contributed by atoms with van der Waals surface area (Å²) >= 11 is 0. The summed E-state index contributed by atoms with van der Waals surface area (Å²) in [5.41, 5.74) is 2.57. The van der Waals surface area contributed by atoms with E-state index in [0.29, 0.717) is 24.9 Å². The van der Waals surface area contributed by atoms with Gasteiger partial charge < -0.3 is 15.0 Å². The third-order valence-electron chi connectivity index (χ3n) is 6.29. The number of benzene rings is 2. The number of ketones is 1. The zero-order valence-electron chi connectivity index (χ0n) is 18.8. The average molecular weight is 435 g/mol. The lowest BCUT2D eigenvalue weighted by atomic mass is 9.86. The van der Waals surface area contributed by atoms with E-state index in [0.717, 1.165) is 11.1 Å². The molecule has 2 amide bonds. The highest BCUT2D eigenvalue weighted by atomic mass is 16.5. The Kier molecular flexibility index (Phi) is 6.15. The highest BCUT2D eigenvalue weighted by Gasteiger charge is 2.48. The number of nitrogens with one attached hydrogen (secondary N) is 1. The normalized spacial score (nSPS) is 21.3. The lowest BCUT2D eigenvalue weighted by Gasteiger charge is -2.28. The van der Waals surface area contributed by atoms with Gasteiger partial charge in [-0.1, -0.05) is 63.2 Å². The molecule has 3 atom stereocenters. The second kappa shape index (κ2) is 8.87. The Hall–Kier alpha value is -2.99. The monoisotopic (exact) mass is 434 g/mol. The van der Waals surface area contributed by atoms with Crippen LogP contribution in [0.3, 0.4) is 0 Å². The molecule has 6 nitrogen and oxygen atoms in total. The van der Waals surface area contributed by atoms with E-state index in [1.807, 2.05) is 42.5 Å². The van der Waals surface area contributed by atoms with E-state index in [1.165, 1.54) is 0 Å². The van der Waals surface area contributed by atoms with E-state index < -0.39 is 12.1 Å². The first-order chi connectivity index (χ1) is 15.2. The maximum atomic E-state index is 13.5. The van der Waals surface area contributed by atoms with Gasteiger partial charge in [-0.3, -0.25) is 14.4 Å².